The summed E-state index contributed by atoms with van der Waals surface area (Å²) in [5.74, 6) is -2.43. The zero-order chi connectivity index (χ0) is 23.3. The van der Waals surface area contributed by atoms with E-state index in [1.54, 1.807) is 0 Å². The zero-order valence-corrected chi connectivity index (χ0v) is 18.3. The molecule has 9 nitrogen and oxygen atoms in total. The standard InChI is InChI=1S/C22H29FN4O5/c1-14(22(31)32-2)25-19(28)18-13-26(20(29)16-4-3-5-17(23)12-16)10-11-27(18)21(30)15-6-8-24-9-7-15/h3-5,12,14-15,18,24H,6-11,13H2,1-2H3,(H,25,28). The molecule has 32 heavy (non-hydrogen) atoms. The van der Waals surface area contributed by atoms with E-state index in [-0.39, 0.29) is 37.0 Å². The highest BCUT2D eigenvalue weighted by atomic mass is 19.1. The second-order valence-corrected chi connectivity index (χ2v) is 8.09. The molecular formula is C22H29FN4O5. The fraction of sp³-hybridized carbons (Fsp3) is 0.545. The zero-order valence-electron chi connectivity index (χ0n) is 18.3. The van der Waals surface area contributed by atoms with Crippen LogP contribution in [0.2, 0.25) is 0 Å². The highest BCUT2D eigenvalue weighted by Crippen LogP contribution is 2.21. The Morgan fingerprint density at radius 1 is 1.19 bits per heavy atom. The molecule has 0 aliphatic carbocycles. The van der Waals surface area contributed by atoms with Gasteiger partial charge in [-0.2, -0.15) is 0 Å². The largest absolute Gasteiger partial charge is 0.467 e. The van der Waals surface area contributed by atoms with E-state index < -0.39 is 35.7 Å². The smallest absolute Gasteiger partial charge is 0.328 e. The maximum absolute atomic E-state index is 13.6. The molecule has 174 valence electrons. The first-order chi connectivity index (χ1) is 15.3. The minimum Gasteiger partial charge on any atom is -0.467 e. The minimum atomic E-state index is -0.962. The van der Waals surface area contributed by atoms with Crippen molar-refractivity contribution in [3.8, 4) is 0 Å². The maximum atomic E-state index is 13.6. The van der Waals surface area contributed by atoms with E-state index >= 15 is 0 Å². The number of hydrogen-bond donors (Lipinski definition) is 2. The van der Waals surface area contributed by atoms with Crippen LogP contribution < -0.4 is 10.6 Å². The molecule has 2 N–H and O–H groups in total. The van der Waals surface area contributed by atoms with Gasteiger partial charge in [-0.1, -0.05) is 6.07 Å². The van der Waals surface area contributed by atoms with Crippen molar-refractivity contribution in [2.75, 3.05) is 39.8 Å². The second kappa shape index (κ2) is 10.5. The predicted octanol–water partition coefficient (Wildman–Crippen LogP) is 0.156. The third-order valence-electron chi connectivity index (χ3n) is 5.93. The molecule has 2 fully saturated rings. The predicted molar refractivity (Wildman–Crippen MR) is 113 cm³/mol. The van der Waals surface area contributed by atoms with Gasteiger partial charge in [0.15, 0.2) is 0 Å². The van der Waals surface area contributed by atoms with Crippen LogP contribution in [0.15, 0.2) is 24.3 Å². The normalized spacial score (nSPS) is 20.4. The monoisotopic (exact) mass is 448 g/mol. The number of carbonyl (C=O) groups is 4. The molecule has 2 heterocycles. The Morgan fingerprint density at radius 3 is 2.56 bits per heavy atom. The van der Waals surface area contributed by atoms with Gasteiger partial charge < -0.3 is 25.2 Å². The van der Waals surface area contributed by atoms with Crippen molar-refractivity contribution in [1.82, 2.24) is 20.4 Å². The molecule has 0 spiro atoms. The first kappa shape index (κ1) is 23.6. The SMILES string of the molecule is COC(=O)C(C)NC(=O)C1CN(C(=O)c2cccc(F)c2)CCN1C(=O)C1CCNCC1. The summed E-state index contributed by atoms with van der Waals surface area (Å²) in [6.45, 7) is 3.29. The summed E-state index contributed by atoms with van der Waals surface area (Å²) in [4.78, 5) is 53.9. The van der Waals surface area contributed by atoms with Gasteiger partial charge in [0, 0.05) is 24.6 Å². The van der Waals surface area contributed by atoms with Crippen LogP contribution in [0.5, 0.6) is 0 Å². The number of hydrogen-bond acceptors (Lipinski definition) is 6. The topological polar surface area (TPSA) is 108 Å². The van der Waals surface area contributed by atoms with E-state index in [4.69, 9.17) is 0 Å². The van der Waals surface area contributed by atoms with E-state index in [2.05, 4.69) is 15.4 Å². The lowest BCUT2D eigenvalue weighted by Crippen LogP contribution is -2.63. The molecule has 1 aromatic carbocycles. The molecule has 0 aromatic heterocycles. The van der Waals surface area contributed by atoms with Crippen LogP contribution in [0.1, 0.15) is 30.1 Å². The van der Waals surface area contributed by atoms with Crippen LogP contribution in [0.25, 0.3) is 0 Å². The number of nitrogens with zero attached hydrogens (tertiary/aromatic N) is 2. The van der Waals surface area contributed by atoms with Crippen molar-refractivity contribution in [1.29, 1.82) is 0 Å². The number of halogens is 1. The molecule has 2 aliphatic heterocycles. The van der Waals surface area contributed by atoms with Gasteiger partial charge in [-0.15, -0.1) is 0 Å². The summed E-state index contributed by atoms with van der Waals surface area (Å²) in [5.41, 5.74) is 0.171. The Labute approximate surface area is 186 Å². The third-order valence-corrected chi connectivity index (χ3v) is 5.93. The number of piperazine rings is 1. The molecule has 2 unspecified atom stereocenters. The lowest BCUT2D eigenvalue weighted by molar-refractivity contribution is -0.149. The van der Waals surface area contributed by atoms with E-state index in [1.165, 1.54) is 42.0 Å². The van der Waals surface area contributed by atoms with Crippen LogP contribution in [0.4, 0.5) is 4.39 Å². The summed E-state index contributed by atoms with van der Waals surface area (Å²) in [6, 6.07) is 3.47. The van der Waals surface area contributed by atoms with Crippen molar-refractivity contribution in [3.63, 3.8) is 0 Å². The molecule has 2 atom stereocenters. The molecule has 3 rings (SSSR count). The first-order valence-corrected chi connectivity index (χ1v) is 10.8. The molecule has 3 amide bonds. The molecule has 2 aliphatic rings. The lowest BCUT2D eigenvalue weighted by Gasteiger charge is -2.42. The van der Waals surface area contributed by atoms with Gasteiger partial charge in [-0.3, -0.25) is 14.4 Å². The number of carbonyl (C=O) groups excluding carboxylic acids is 4. The number of ether oxygens (including phenoxy) is 1. The molecule has 2 saturated heterocycles. The van der Waals surface area contributed by atoms with Crippen molar-refractivity contribution >= 4 is 23.7 Å². The van der Waals surface area contributed by atoms with Gasteiger partial charge in [0.2, 0.25) is 11.8 Å². The Hall–Kier alpha value is -3.01. The molecular weight excluding hydrogens is 419 g/mol. The summed E-state index contributed by atoms with van der Waals surface area (Å²) >= 11 is 0. The molecule has 0 radical (unpaired) electrons. The second-order valence-electron chi connectivity index (χ2n) is 8.09. The summed E-state index contributed by atoms with van der Waals surface area (Å²) in [5, 5.41) is 5.79. The average Bonchev–Trinajstić information content (AvgIpc) is 2.82. The fourth-order valence-electron chi connectivity index (χ4n) is 4.11. The average molecular weight is 448 g/mol. The van der Waals surface area contributed by atoms with Crippen LogP contribution in [0.3, 0.4) is 0 Å². The van der Waals surface area contributed by atoms with E-state index in [9.17, 15) is 23.6 Å². The third kappa shape index (κ3) is 5.42. The van der Waals surface area contributed by atoms with Crippen LogP contribution >= 0.6 is 0 Å². The van der Waals surface area contributed by atoms with Crippen molar-refractivity contribution < 1.29 is 28.3 Å². The lowest BCUT2D eigenvalue weighted by atomic mass is 9.95. The van der Waals surface area contributed by atoms with Crippen molar-refractivity contribution in [2.45, 2.75) is 31.8 Å². The summed E-state index contributed by atoms with van der Waals surface area (Å²) < 4.78 is 18.2. The highest BCUT2D eigenvalue weighted by Gasteiger charge is 2.40. The van der Waals surface area contributed by atoms with Gasteiger partial charge in [0.1, 0.15) is 17.9 Å². The van der Waals surface area contributed by atoms with Crippen molar-refractivity contribution in [3.05, 3.63) is 35.6 Å². The number of esters is 1. The van der Waals surface area contributed by atoms with Crippen LogP contribution in [-0.2, 0) is 19.1 Å². The number of methoxy groups -OCH3 is 1. The quantitative estimate of drug-likeness (QED) is 0.622. The fourth-order valence-corrected chi connectivity index (χ4v) is 4.11. The Kier molecular flexibility index (Phi) is 7.79. The van der Waals surface area contributed by atoms with Gasteiger partial charge in [-0.25, -0.2) is 9.18 Å². The van der Waals surface area contributed by atoms with E-state index in [0.29, 0.717) is 12.8 Å². The van der Waals surface area contributed by atoms with Gasteiger partial charge >= 0.3 is 5.97 Å². The number of rotatable bonds is 5. The maximum Gasteiger partial charge on any atom is 0.328 e. The van der Waals surface area contributed by atoms with Gasteiger partial charge in [0.05, 0.1) is 13.7 Å². The summed E-state index contributed by atoms with van der Waals surface area (Å²) in [7, 11) is 1.22. The van der Waals surface area contributed by atoms with Crippen molar-refractivity contribution in [2.24, 2.45) is 5.92 Å². The molecule has 0 saturated carbocycles. The Bertz CT molecular complexity index is 874. The number of nitrogens with one attached hydrogen (secondary N) is 2. The number of amides is 3. The Morgan fingerprint density at radius 2 is 1.91 bits per heavy atom. The molecule has 10 heteroatoms. The number of benzene rings is 1. The molecule has 1 aromatic rings. The van der Waals surface area contributed by atoms with E-state index in [1.807, 2.05) is 0 Å². The van der Waals surface area contributed by atoms with Gasteiger partial charge in [0.25, 0.3) is 5.91 Å². The van der Waals surface area contributed by atoms with E-state index in [0.717, 1.165) is 19.2 Å². The van der Waals surface area contributed by atoms with Gasteiger partial charge in [-0.05, 0) is 51.1 Å². The summed E-state index contributed by atoms with van der Waals surface area (Å²) in [6.07, 6.45) is 1.35. The molecule has 0 bridgehead atoms. The minimum absolute atomic E-state index is 0.0498. The Balaban J connectivity index is 1.79. The van der Waals surface area contributed by atoms with Crippen LogP contribution in [0, 0.1) is 11.7 Å². The highest BCUT2D eigenvalue weighted by molar-refractivity contribution is 5.96. The van der Waals surface area contributed by atoms with Crippen LogP contribution in [-0.4, -0.2) is 85.4 Å². The number of piperidine rings is 1. The first-order valence-electron chi connectivity index (χ1n) is 10.8.